The van der Waals surface area contributed by atoms with Crippen molar-refractivity contribution in [1.29, 1.82) is 0 Å². The summed E-state index contributed by atoms with van der Waals surface area (Å²) < 4.78 is 65.0. The fourth-order valence-corrected chi connectivity index (χ4v) is 2.73. The van der Waals surface area contributed by atoms with Crippen LogP contribution in [0.4, 0.5) is 22.0 Å². The number of aliphatic hydroxyl groups is 1. The molecule has 23 heavy (non-hydrogen) atoms. The largest absolute Gasteiger partial charge is 0.406 e. The van der Waals surface area contributed by atoms with Gasteiger partial charge >= 0.3 is 12.1 Å². The summed E-state index contributed by atoms with van der Waals surface area (Å²) in [6.45, 7) is -1.64. The van der Waals surface area contributed by atoms with E-state index in [0.717, 1.165) is 0 Å². The summed E-state index contributed by atoms with van der Waals surface area (Å²) in [5.74, 6) is -6.96. The van der Waals surface area contributed by atoms with Gasteiger partial charge in [0, 0.05) is 6.54 Å². The van der Waals surface area contributed by atoms with Crippen molar-refractivity contribution in [2.75, 3.05) is 13.1 Å². The molecule has 1 saturated heterocycles. The second kappa shape index (κ2) is 5.88. The monoisotopic (exact) mass is 344 g/mol. The number of likely N-dealkylation sites (tertiary alicyclic amines) is 1. The Morgan fingerprint density at radius 1 is 1.26 bits per heavy atom. The number of carbonyl (C=O) groups excluding carboxylic acids is 2. The highest BCUT2D eigenvalue weighted by Crippen LogP contribution is 2.44. The molecule has 0 spiro atoms. The molecule has 1 aliphatic heterocycles. The van der Waals surface area contributed by atoms with Crippen molar-refractivity contribution < 1.29 is 36.6 Å². The molecule has 2 fully saturated rings. The van der Waals surface area contributed by atoms with Crippen LogP contribution in [0.1, 0.15) is 32.1 Å². The van der Waals surface area contributed by atoms with Gasteiger partial charge in [0.25, 0.3) is 5.91 Å². The number of hydrogen-bond acceptors (Lipinski definition) is 3. The lowest BCUT2D eigenvalue weighted by Crippen LogP contribution is -2.64. The van der Waals surface area contributed by atoms with Gasteiger partial charge in [-0.2, -0.15) is 22.0 Å². The average molecular weight is 344 g/mol. The minimum absolute atomic E-state index is 0.0204. The van der Waals surface area contributed by atoms with Crippen LogP contribution in [0, 0.1) is 0 Å². The molecule has 1 saturated carbocycles. The average Bonchev–Trinajstić information content (AvgIpc) is 2.38. The van der Waals surface area contributed by atoms with Gasteiger partial charge in [0.05, 0.1) is 0 Å². The minimum atomic E-state index is -4.60. The Kier molecular flexibility index (Phi) is 4.57. The van der Waals surface area contributed by atoms with Gasteiger partial charge in [0.15, 0.2) is 0 Å². The SMILES string of the molecule is O=C1C(NC(=O)C(F)(F)C2(O)CCC2)CCCN1CC(F)(F)F. The molecule has 5 nitrogen and oxygen atoms in total. The Balaban J connectivity index is 2.01. The van der Waals surface area contributed by atoms with Gasteiger partial charge in [-0.1, -0.05) is 0 Å². The van der Waals surface area contributed by atoms with Gasteiger partial charge in [0.2, 0.25) is 5.91 Å². The highest BCUT2D eigenvalue weighted by molar-refractivity contribution is 5.91. The number of nitrogens with zero attached hydrogens (tertiary/aromatic N) is 1. The fraction of sp³-hybridized carbons (Fsp3) is 0.846. The maximum absolute atomic E-state index is 13.9. The third-order valence-corrected chi connectivity index (χ3v) is 4.26. The van der Waals surface area contributed by atoms with Crippen LogP contribution in [0.25, 0.3) is 0 Å². The third kappa shape index (κ3) is 3.56. The molecule has 1 unspecified atom stereocenters. The second-order valence-corrected chi connectivity index (χ2v) is 6.00. The molecule has 2 N–H and O–H groups in total. The molecule has 2 rings (SSSR count). The normalized spacial score (nSPS) is 25.0. The predicted molar refractivity (Wildman–Crippen MR) is 67.5 cm³/mol. The van der Waals surface area contributed by atoms with Crippen molar-refractivity contribution >= 4 is 11.8 Å². The van der Waals surface area contributed by atoms with E-state index in [2.05, 4.69) is 0 Å². The van der Waals surface area contributed by atoms with Gasteiger partial charge in [-0.3, -0.25) is 9.59 Å². The Hall–Kier alpha value is -1.45. The highest BCUT2D eigenvalue weighted by atomic mass is 19.4. The summed E-state index contributed by atoms with van der Waals surface area (Å²) in [5.41, 5.74) is -2.44. The summed E-state index contributed by atoms with van der Waals surface area (Å²) in [5, 5.41) is 11.4. The Bertz CT molecular complexity index is 490. The Morgan fingerprint density at radius 2 is 1.87 bits per heavy atom. The Labute approximate surface area is 128 Å². The van der Waals surface area contributed by atoms with Crippen molar-refractivity contribution in [3.05, 3.63) is 0 Å². The van der Waals surface area contributed by atoms with Crippen LogP contribution in [-0.4, -0.2) is 58.7 Å². The van der Waals surface area contributed by atoms with Crippen molar-refractivity contribution in [2.45, 2.75) is 55.8 Å². The molecule has 2 amide bonds. The lowest BCUT2D eigenvalue weighted by atomic mass is 9.75. The zero-order valence-electron chi connectivity index (χ0n) is 12.1. The van der Waals surface area contributed by atoms with Crippen LogP contribution in [-0.2, 0) is 9.59 Å². The van der Waals surface area contributed by atoms with Crippen molar-refractivity contribution in [2.24, 2.45) is 0 Å². The summed E-state index contributed by atoms with van der Waals surface area (Å²) in [6, 6.07) is -1.44. The number of halogens is 5. The lowest BCUT2D eigenvalue weighted by molar-refractivity contribution is -0.216. The first kappa shape index (κ1) is 17.9. The maximum Gasteiger partial charge on any atom is 0.406 e. The lowest BCUT2D eigenvalue weighted by Gasteiger charge is -2.42. The molecule has 1 heterocycles. The molecular formula is C13H17F5N2O3. The number of alkyl halides is 5. The first-order valence-corrected chi connectivity index (χ1v) is 7.23. The quantitative estimate of drug-likeness (QED) is 0.753. The maximum atomic E-state index is 13.9. The second-order valence-electron chi connectivity index (χ2n) is 6.00. The summed E-state index contributed by atoms with van der Waals surface area (Å²) in [6.07, 6.45) is -4.61. The van der Waals surface area contributed by atoms with E-state index in [0.29, 0.717) is 11.3 Å². The molecular weight excluding hydrogens is 327 g/mol. The number of rotatable bonds is 4. The van der Waals surface area contributed by atoms with Crippen molar-refractivity contribution in [3.8, 4) is 0 Å². The smallest absolute Gasteiger partial charge is 0.383 e. The van der Waals surface area contributed by atoms with Crippen LogP contribution in [0.5, 0.6) is 0 Å². The van der Waals surface area contributed by atoms with Gasteiger partial charge in [-0.15, -0.1) is 0 Å². The predicted octanol–water partition coefficient (Wildman–Crippen LogP) is 1.21. The highest BCUT2D eigenvalue weighted by Gasteiger charge is 2.61. The van der Waals surface area contributed by atoms with Crippen molar-refractivity contribution in [3.63, 3.8) is 0 Å². The first-order chi connectivity index (χ1) is 10.5. The van der Waals surface area contributed by atoms with Crippen molar-refractivity contribution in [1.82, 2.24) is 10.2 Å². The van der Waals surface area contributed by atoms with E-state index in [1.807, 2.05) is 0 Å². The number of nitrogens with one attached hydrogen (secondary N) is 1. The molecule has 1 aliphatic carbocycles. The zero-order valence-corrected chi connectivity index (χ0v) is 12.1. The molecule has 10 heteroatoms. The summed E-state index contributed by atoms with van der Waals surface area (Å²) in [4.78, 5) is 24.1. The van der Waals surface area contributed by atoms with Gasteiger partial charge in [0.1, 0.15) is 18.2 Å². The van der Waals surface area contributed by atoms with Gasteiger partial charge in [-0.05, 0) is 32.1 Å². The number of carbonyl (C=O) groups is 2. The molecule has 0 aromatic rings. The van der Waals surface area contributed by atoms with Crippen LogP contribution in [0.3, 0.4) is 0 Å². The van der Waals surface area contributed by atoms with Crippen LogP contribution < -0.4 is 5.32 Å². The molecule has 0 radical (unpaired) electrons. The molecule has 0 aromatic carbocycles. The standard InChI is InChI=1S/C13H17F5N2O3/c14-12(15,16)7-20-6-1-3-8(9(20)21)19-10(22)13(17,18)11(23)4-2-5-11/h8,23H,1-7H2,(H,19,22). The number of piperidine rings is 1. The van der Waals surface area contributed by atoms with E-state index in [1.54, 1.807) is 5.32 Å². The first-order valence-electron chi connectivity index (χ1n) is 7.23. The van der Waals surface area contributed by atoms with E-state index in [1.165, 1.54) is 0 Å². The minimum Gasteiger partial charge on any atom is -0.383 e. The van der Waals surface area contributed by atoms with Crippen LogP contribution >= 0.6 is 0 Å². The number of amides is 2. The topological polar surface area (TPSA) is 69.6 Å². The molecule has 132 valence electrons. The third-order valence-electron chi connectivity index (χ3n) is 4.26. The van der Waals surface area contributed by atoms with Crippen LogP contribution in [0.15, 0.2) is 0 Å². The summed E-state index contributed by atoms with van der Waals surface area (Å²) >= 11 is 0. The van der Waals surface area contributed by atoms with Crippen LogP contribution in [0.2, 0.25) is 0 Å². The summed E-state index contributed by atoms with van der Waals surface area (Å²) in [7, 11) is 0. The fourth-order valence-electron chi connectivity index (χ4n) is 2.73. The molecule has 1 atom stereocenters. The van der Waals surface area contributed by atoms with E-state index >= 15 is 0 Å². The van der Waals surface area contributed by atoms with Gasteiger partial charge < -0.3 is 15.3 Å². The zero-order chi connectivity index (χ0) is 17.5. The van der Waals surface area contributed by atoms with E-state index in [-0.39, 0.29) is 32.2 Å². The molecule has 0 bridgehead atoms. The molecule has 2 aliphatic rings. The van der Waals surface area contributed by atoms with E-state index in [9.17, 15) is 36.6 Å². The molecule has 0 aromatic heterocycles. The van der Waals surface area contributed by atoms with E-state index < -0.39 is 42.1 Å². The number of hydrogen-bond donors (Lipinski definition) is 2. The Morgan fingerprint density at radius 3 is 2.35 bits per heavy atom. The van der Waals surface area contributed by atoms with Gasteiger partial charge in [-0.25, -0.2) is 0 Å². The van der Waals surface area contributed by atoms with E-state index in [4.69, 9.17) is 0 Å².